The van der Waals surface area contributed by atoms with Gasteiger partial charge in [-0.1, -0.05) is 48.5 Å². The molecule has 0 N–H and O–H groups in total. The summed E-state index contributed by atoms with van der Waals surface area (Å²) in [5, 5.41) is 1.77. The molecule has 0 amide bonds. The first-order valence-corrected chi connectivity index (χ1v) is 15.3. The predicted molar refractivity (Wildman–Crippen MR) is 162 cm³/mol. The van der Waals surface area contributed by atoms with Gasteiger partial charge in [0.05, 0.1) is 11.5 Å². The number of carbonyl (C=O) groups is 1. The summed E-state index contributed by atoms with van der Waals surface area (Å²) in [6.07, 6.45) is 1.18. The molecule has 0 aliphatic heterocycles. The predicted octanol–water partition coefficient (Wildman–Crippen LogP) is 7.22. The summed E-state index contributed by atoms with van der Waals surface area (Å²) in [5.74, 6) is 1.96. The summed E-state index contributed by atoms with van der Waals surface area (Å²) in [7, 11) is -3.33. The van der Waals surface area contributed by atoms with Crippen LogP contribution in [0.15, 0.2) is 114 Å². The molecule has 7 nitrogen and oxygen atoms in total. The maximum atomic E-state index is 12.0. The van der Waals surface area contributed by atoms with E-state index in [4.69, 9.17) is 18.9 Å². The minimum Gasteiger partial charge on any atom is -0.489 e. The van der Waals surface area contributed by atoms with Crippen LogP contribution in [0.1, 0.15) is 12.5 Å². The lowest BCUT2D eigenvalue weighted by Crippen LogP contribution is -2.14. The molecule has 0 heterocycles. The second-order valence-electron chi connectivity index (χ2n) is 9.56. The molecule has 8 heteroatoms. The minimum absolute atomic E-state index is 0.181. The van der Waals surface area contributed by atoms with Crippen molar-refractivity contribution in [2.75, 3.05) is 19.5 Å². The van der Waals surface area contributed by atoms with Crippen molar-refractivity contribution in [1.29, 1.82) is 0 Å². The Morgan fingerprint density at radius 1 is 0.738 bits per heavy atom. The van der Waals surface area contributed by atoms with E-state index in [1.165, 1.54) is 6.26 Å². The normalized spacial score (nSPS) is 11.2. The third-order valence-corrected chi connectivity index (χ3v) is 7.62. The van der Waals surface area contributed by atoms with Gasteiger partial charge in [-0.2, -0.15) is 0 Å². The molecule has 0 atom stereocenters. The fourth-order valence-electron chi connectivity index (χ4n) is 4.40. The van der Waals surface area contributed by atoms with Gasteiger partial charge >= 0.3 is 5.97 Å². The van der Waals surface area contributed by atoms with Gasteiger partial charge in [0.15, 0.2) is 16.4 Å². The topological polar surface area (TPSA) is 88.1 Å². The maximum Gasteiger partial charge on any atom is 0.344 e. The third kappa shape index (κ3) is 7.08. The standard InChI is InChI=1S/C34H30O7S/c1-3-38-33(35)23-40-27-12-14-28(15-13-27)41-34-31(25-9-17-30(18-10-25)42(2,36)37)19-11-26-21-29(16-20-32(26)34)39-22-24-7-5-4-6-8-24/h4-21H,3,22-23H2,1-2H3. The number of esters is 1. The van der Waals surface area contributed by atoms with Gasteiger partial charge in [-0.15, -0.1) is 0 Å². The first kappa shape index (κ1) is 28.7. The molecule has 42 heavy (non-hydrogen) atoms. The number of hydrogen-bond acceptors (Lipinski definition) is 7. The highest BCUT2D eigenvalue weighted by Crippen LogP contribution is 2.41. The zero-order chi connectivity index (χ0) is 29.5. The quantitative estimate of drug-likeness (QED) is 0.152. The molecule has 0 saturated carbocycles. The van der Waals surface area contributed by atoms with E-state index in [2.05, 4.69) is 0 Å². The van der Waals surface area contributed by atoms with Gasteiger partial charge in [0, 0.05) is 17.2 Å². The monoisotopic (exact) mass is 582 g/mol. The highest BCUT2D eigenvalue weighted by molar-refractivity contribution is 7.90. The first-order valence-electron chi connectivity index (χ1n) is 13.4. The van der Waals surface area contributed by atoms with Gasteiger partial charge in [-0.3, -0.25) is 0 Å². The maximum absolute atomic E-state index is 12.0. The van der Waals surface area contributed by atoms with Crippen molar-refractivity contribution in [3.8, 4) is 34.1 Å². The van der Waals surface area contributed by atoms with E-state index in [1.807, 2.05) is 60.7 Å². The van der Waals surface area contributed by atoms with Crippen molar-refractivity contribution in [2.24, 2.45) is 0 Å². The minimum atomic E-state index is -3.33. The van der Waals surface area contributed by atoms with Crippen molar-refractivity contribution in [3.63, 3.8) is 0 Å². The van der Waals surface area contributed by atoms with Crippen molar-refractivity contribution in [1.82, 2.24) is 0 Å². The smallest absolute Gasteiger partial charge is 0.344 e. The van der Waals surface area contributed by atoms with E-state index in [0.29, 0.717) is 30.5 Å². The third-order valence-electron chi connectivity index (χ3n) is 6.49. The van der Waals surface area contributed by atoms with Gasteiger partial charge in [0.2, 0.25) is 0 Å². The van der Waals surface area contributed by atoms with E-state index < -0.39 is 15.8 Å². The molecule has 0 radical (unpaired) electrons. The molecule has 0 aromatic heterocycles. The zero-order valence-electron chi connectivity index (χ0n) is 23.3. The molecule has 5 aromatic carbocycles. The van der Waals surface area contributed by atoms with Crippen LogP contribution < -0.4 is 14.2 Å². The zero-order valence-corrected chi connectivity index (χ0v) is 24.1. The van der Waals surface area contributed by atoms with E-state index in [-0.39, 0.29) is 11.5 Å². The number of fused-ring (bicyclic) bond motifs is 1. The van der Waals surface area contributed by atoms with Crippen LogP contribution >= 0.6 is 0 Å². The van der Waals surface area contributed by atoms with Crippen LogP contribution in [0.25, 0.3) is 21.9 Å². The Morgan fingerprint density at radius 2 is 1.43 bits per heavy atom. The molecule has 0 aliphatic carbocycles. The fraction of sp³-hybridized carbons (Fsp3) is 0.147. The second-order valence-corrected chi connectivity index (χ2v) is 11.6. The highest BCUT2D eigenvalue weighted by atomic mass is 32.2. The molecule has 0 unspecified atom stereocenters. The Kier molecular flexibility index (Phi) is 8.74. The van der Waals surface area contributed by atoms with Gasteiger partial charge in [-0.25, -0.2) is 13.2 Å². The van der Waals surface area contributed by atoms with Crippen LogP contribution in [0.5, 0.6) is 23.0 Å². The number of carbonyl (C=O) groups excluding carboxylic acids is 1. The Balaban J connectivity index is 1.47. The molecule has 5 rings (SSSR count). The SMILES string of the molecule is CCOC(=O)COc1ccc(Oc2c(-c3ccc(S(C)(=O)=O)cc3)ccc3cc(OCc4ccccc4)ccc23)cc1. The van der Waals surface area contributed by atoms with Crippen LogP contribution in [-0.4, -0.2) is 33.9 Å². The van der Waals surface area contributed by atoms with Crippen LogP contribution in [0, 0.1) is 0 Å². The molecule has 0 spiro atoms. The summed E-state index contributed by atoms with van der Waals surface area (Å²) in [4.78, 5) is 11.9. The number of ether oxygens (including phenoxy) is 4. The van der Waals surface area contributed by atoms with Crippen molar-refractivity contribution in [3.05, 3.63) is 115 Å². The molecular formula is C34H30O7S. The molecule has 0 fully saturated rings. The summed E-state index contributed by atoms with van der Waals surface area (Å²) < 4.78 is 46.9. The Labute approximate surface area is 245 Å². The van der Waals surface area contributed by atoms with Crippen molar-refractivity contribution >= 4 is 26.6 Å². The summed E-state index contributed by atoms with van der Waals surface area (Å²) in [5.41, 5.74) is 2.67. The van der Waals surface area contributed by atoms with E-state index in [0.717, 1.165) is 33.2 Å². The molecular weight excluding hydrogens is 552 g/mol. The summed E-state index contributed by atoms with van der Waals surface area (Å²) >= 11 is 0. The van der Waals surface area contributed by atoms with Gasteiger partial charge in [0.25, 0.3) is 0 Å². The van der Waals surface area contributed by atoms with Gasteiger partial charge < -0.3 is 18.9 Å². The van der Waals surface area contributed by atoms with E-state index >= 15 is 0 Å². The Hall–Kier alpha value is -4.82. The average molecular weight is 583 g/mol. The van der Waals surface area contributed by atoms with Crippen LogP contribution in [0.4, 0.5) is 0 Å². The van der Waals surface area contributed by atoms with Crippen LogP contribution in [0.3, 0.4) is 0 Å². The molecule has 0 saturated heterocycles. The lowest BCUT2D eigenvalue weighted by molar-refractivity contribution is -0.145. The highest BCUT2D eigenvalue weighted by Gasteiger charge is 2.15. The number of sulfone groups is 1. The number of benzene rings is 5. The largest absolute Gasteiger partial charge is 0.489 e. The molecule has 0 aliphatic rings. The number of hydrogen-bond donors (Lipinski definition) is 0. The number of rotatable bonds is 11. The van der Waals surface area contributed by atoms with Gasteiger partial charge in [-0.05, 0) is 84.1 Å². The van der Waals surface area contributed by atoms with Crippen molar-refractivity contribution in [2.45, 2.75) is 18.4 Å². The molecule has 214 valence electrons. The fourth-order valence-corrected chi connectivity index (χ4v) is 5.03. The lowest BCUT2D eigenvalue weighted by Gasteiger charge is -2.16. The van der Waals surface area contributed by atoms with Gasteiger partial charge in [0.1, 0.15) is 29.6 Å². The summed E-state index contributed by atoms with van der Waals surface area (Å²) in [6, 6.07) is 33.4. The van der Waals surface area contributed by atoms with Crippen molar-refractivity contribution < 1.29 is 32.2 Å². The summed E-state index contributed by atoms with van der Waals surface area (Å²) in [6.45, 7) is 2.30. The first-order chi connectivity index (χ1) is 20.3. The van der Waals surface area contributed by atoms with E-state index in [9.17, 15) is 13.2 Å². The Morgan fingerprint density at radius 3 is 2.12 bits per heavy atom. The molecule has 0 bridgehead atoms. The molecule has 5 aromatic rings. The van der Waals surface area contributed by atoms with E-state index in [1.54, 1.807) is 55.5 Å². The lowest BCUT2D eigenvalue weighted by atomic mass is 9.99. The average Bonchev–Trinajstić information content (AvgIpc) is 3.00. The van der Waals surface area contributed by atoms with Crippen LogP contribution in [-0.2, 0) is 26.0 Å². The van der Waals surface area contributed by atoms with Crippen LogP contribution in [0.2, 0.25) is 0 Å². The Bertz CT molecular complexity index is 1780. The second kappa shape index (κ2) is 12.8.